The van der Waals surface area contributed by atoms with Gasteiger partial charge in [0, 0.05) is 0 Å². The molecule has 0 heterocycles. The van der Waals surface area contributed by atoms with E-state index < -0.39 is 0 Å². The van der Waals surface area contributed by atoms with E-state index in [0.717, 1.165) is 0 Å². The van der Waals surface area contributed by atoms with Crippen LogP contribution in [0.1, 0.15) is 50.1 Å². The molecule has 0 saturated heterocycles. The van der Waals surface area contributed by atoms with E-state index in [1.807, 2.05) is 0 Å². The summed E-state index contributed by atoms with van der Waals surface area (Å²) in [4.78, 5) is 0. The third kappa shape index (κ3) is 2.28. The topological polar surface area (TPSA) is 0 Å². The molecule has 0 radical (unpaired) electrons. The van der Waals surface area contributed by atoms with Crippen molar-refractivity contribution >= 4 is 0 Å². The highest BCUT2D eigenvalue weighted by Gasteiger charge is 2.46. The van der Waals surface area contributed by atoms with Crippen molar-refractivity contribution in [1.82, 2.24) is 0 Å². The summed E-state index contributed by atoms with van der Waals surface area (Å²) in [7, 11) is 0. The first-order valence-corrected chi connectivity index (χ1v) is 11.0. The van der Waals surface area contributed by atoms with Crippen molar-refractivity contribution in [2.24, 2.45) is 0 Å². The molecular weight excluding hydrogens is 360 g/mol. The molecule has 30 heavy (non-hydrogen) atoms. The van der Waals surface area contributed by atoms with Crippen LogP contribution in [-0.2, 0) is 18.3 Å². The van der Waals surface area contributed by atoms with Gasteiger partial charge < -0.3 is 0 Å². The van der Waals surface area contributed by atoms with E-state index >= 15 is 0 Å². The Morgan fingerprint density at radius 1 is 0.500 bits per heavy atom. The molecule has 0 aliphatic heterocycles. The monoisotopic (exact) mass is 386 g/mol. The lowest BCUT2D eigenvalue weighted by molar-refractivity contribution is 0.750. The Bertz CT molecular complexity index is 1250. The summed E-state index contributed by atoms with van der Waals surface area (Å²) >= 11 is 0. The zero-order valence-corrected chi connectivity index (χ0v) is 17.9. The van der Waals surface area contributed by atoms with Gasteiger partial charge in [-0.15, -0.1) is 0 Å². The van der Waals surface area contributed by atoms with Crippen molar-refractivity contribution in [2.45, 2.75) is 39.0 Å². The Balaban J connectivity index is 1.79. The zero-order chi connectivity index (χ0) is 20.5. The van der Waals surface area contributed by atoms with Gasteiger partial charge >= 0.3 is 0 Å². The fourth-order valence-corrected chi connectivity index (χ4v) is 5.57. The van der Waals surface area contributed by atoms with Gasteiger partial charge in [0.2, 0.25) is 0 Å². The molecule has 0 N–H and O–H groups in total. The summed E-state index contributed by atoms with van der Waals surface area (Å²) in [6.07, 6.45) is 2.42. The summed E-state index contributed by atoms with van der Waals surface area (Å²) < 4.78 is 0. The van der Waals surface area contributed by atoms with Gasteiger partial charge in [-0.2, -0.15) is 0 Å². The van der Waals surface area contributed by atoms with E-state index in [4.69, 9.17) is 0 Å². The Kier molecular flexibility index (Phi) is 3.65. The maximum Gasteiger partial charge on any atom is 0.0713 e. The fraction of sp³-hybridized carbons (Fsp3) is 0.200. The highest BCUT2D eigenvalue weighted by molar-refractivity contribution is 5.86. The summed E-state index contributed by atoms with van der Waals surface area (Å²) in [5.41, 5.74) is 15.1. The Morgan fingerprint density at radius 2 is 1.03 bits per heavy atom. The van der Waals surface area contributed by atoms with Crippen molar-refractivity contribution in [2.75, 3.05) is 0 Å². The van der Waals surface area contributed by atoms with Crippen LogP contribution in [0, 0.1) is 20.8 Å². The van der Waals surface area contributed by atoms with Gasteiger partial charge in [0.25, 0.3) is 0 Å². The molecule has 0 atom stereocenters. The van der Waals surface area contributed by atoms with Gasteiger partial charge in [-0.05, 0) is 78.1 Å². The van der Waals surface area contributed by atoms with E-state index in [2.05, 4.69) is 99.6 Å². The molecule has 0 heteroatoms. The predicted octanol–water partition coefficient (Wildman–Crippen LogP) is 7.07. The van der Waals surface area contributed by atoms with E-state index in [1.165, 1.54) is 74.0 Å². The maximum absolute atomic E-state index is 2.49. The molecule has 0 saturated carbocycles. The SMILES string of the molecule is Cc1ccc(C2(c3ccc4c(c3)CC4)c3cc(C)ccc3-c3ccc(C)cc32)cc1. The van der Waals surface area contributed by atoms with Crippen LogP contribution in [0.25, 0.3) is 11.1 Å². The molecule has 0 amide bonds. The first-order chi connectivity index (χ1) is 14.6. The third-order valence-corrected chi connectivity index (χ3v) is 7.24. The fourth-order valence-electron chi connectivity index (χ4n) is 5.57. The quantitative estimate of drug-likeness (QED) is 0.304. The molecule has 0 fully saturated rings. The van der Waals surface area contributed by atoms with Crippen LogP contribution in [0.3, 0.4) is 0 Å². The molecule has 0 bridgehead atoms. The van der Waals surface area contributed by atoms with Crippen LogP contribution >= 0.6 is 0 Å². The lowest BCUT2D eigenvalue weighted by Crippen LogP contribution is -2.29. The highest BCUT2D eigenvalue weighted by atomic mass is 14.5. The summed E-state index contributed by atoms with van der Waals surface area (Å²) in [5, 5.41) is 0. The van der Waals surface area contributed by atoms with Crippen LogP contribution in [0.5, 0.6) is 0 Å². The summed E-state index contributed by atoms with van der Waals surface area (Å²) in [6.45, 7) is 6.60. The average Bonchev–Trinajstić information content (AvgIpc) is 2.99. The van der Waals surface area contributed by atoms with Crippen molar-refractivity contribution in [3.8, 4) is 11.1 Å². The van der Waals surface area contributed by atoms with E-state index in [9.17, 15) is 0 Å². The largest absolute Gasteiger partial charge is 0.0713 e. The Morgan fingerprint density at radius 3 is 1.57 bits per heavy atom. The number of hydrogen-bond donors (Lipinski definition) is 0. The van der Waals surface area contributed by atoms with Crippen molar-refractivity contribution in [3.63, 3.8) is 0 Å². The molecule has 2 aliphatic rings. The second kappa shape index (κ2) is 6.19. The van der Waals surface area contributed by atoms with Crippen LogP contribution in [0.4, 0.5) is 0 Å². The van der Waals surface area contributed by atoms with Crippen LogP contribution in [0.2, 0.25) is 0 Å². The molecular formula is C30H26. The van der Waals surface area contributed by atoms with Gasteiger partial charge in [-0.3, -0.25) is 0 Å². The molecule has 146 valence electrons. The third-order valence-electron chi connectivity index (χ3n) is 7.24. The minimum Gasteiger partial charge on any atom is -0.0590 e. The van der Waals surface area contributed by atoms with Crippen LogP contribution in [0.15, 0.2) is 78.9 Å². The Hall–Kier alpha value is -3.12. The minimum atomic E-state index is -0.263. The minimum absolute atomic E-state index is 0.263. The summed E-state index contributed by atoms with van der Waals surface area (Å²) in [6, 6.07) is 30.5. The molecule has 6 rings (SSSR count). The molecule has 0 aromatic heterocycles. The normalized spacial score (nSPS) is 15.2. The maximum atomic E-state index is 2.49. The molecule has 0 spiro atoms. The van der Waals surface area contributed by atoms with Crippen molar-refractivity contribution in [1.29, 1.82) is 0 Å². The smallest absolute Gasteiger partial charge is 0.0590 e. The van der Waals surface area contributed by atoms with Crippen molar-refractivity contribution < 1.29 is 0 Å². The molecule has 0 nitrogen and oxygen atoms in total. The average molecular weight is 387 g/mol. The number of hydrogen-bond acceptors (Lipinski definition) is 0. The predicted molar refractivity (Wildman–Crippen MR) is 125 cm³/mol. The van der Waals surface area contributed by atoms with Gasteiger partial charge in [0.1, 0.15) is 0 Å². The van der Waals surface area contributed by atoms with E-state index in [-0.39, 0.29) is 5.41 Å². The zero-order valence-electron chi connectivity index (χ0n) is 17.9. The van der Waals surface area contributed by atoms with E-state index in [1.54, 1.807) is 0 Å². The van der Waals surface area contributed by atoms with Gasteiger partial charge in [0.15, 0.2) is 0 Å². The van der Waals surface area contributed by atoms with Crippen LogP contribution < -0.4 is 0 Å². The summed E-state index contributed by atoms with van der Waals surface area (Å²) in [5.74, 6) is 0. The number of benzene rings is 4. The lowest BCUT2D eigenvalue weighted by Gasteiger charge is -2.35. The molecule has 4 aromatic rings. The van der Waals surface area contributed by atoms with Crippen molar-refractivity contribution in [3.05, 3.63) is 129 Å². The number of rotatable bonds is 2. The second-order valence-corrected chi connectivity index (χ2v) is 9.20. The van der Waals surface area contributed by atoms with Gasteiger partial charge in [0.05, 0.1) is 5.41 Å². The first-order valence-electron chi connectivity index (χ1n) is 11.0. The first kappa shape index (κ1) is 17.7. The second-order valence-electron chi connectivity index (χ2n) is 9.20. The van der Waals surface area contributed by atoms with Gasteiger partial charge in [-0.25, -0.2) is 0 Å². The standard InChI is InChI=1S/C30H26/c1-19-4-11-24(12-5-19)30(25-13-10-22-8-9-23(22)18-25)28-16-20(2)6-14-26(28)27-15-7-21(3)17-29(27)30/h4-7,10-18H,8-9H2,1-3H3. The Labute approximate surface area is 179 Å². The van der Waals surface area contributed by atoms with Crippen LogP contribution in [-0.4, -0.2) is 0 Å². The van der Waals surface area contributed by atoms with Gasteiger partial charge in [-0.1, -0.05) is 95.6 Å². The molecule has 0 unspecified atom stereocenters. The highest BCUT2D eigenvalue weighted by Crippen LogP contribution is 2.56. The lowest BCUT2D eigenvalue weighted by atomic mass is 9.66. The molecule has 2 aliphatic carbocycles. The number of aryl methyl sites for hydroxylation is 5. The molecule has 4 aromatic carbocycles. The van der Waals surface area contributed by atoms with E-state index in [0.29, 0.717) is 0 Å². The number of fused-ring (bicyclic) bond motifs is 4.